The Balaban J connectivity index is 1.48. The Labute approximate surface area is 105 Å². The molecule has 2 aliphatic rings. The highest BCUT2D eigenvalue weighted by molar-refractivity contribution is 5.96. The van der Waals surface area contributed by atoms with Gasteiger partial charge >= 0.3 is 0 Å². The summed E-state index contributed by atoms with van der Waals surface area (Å²) in [6.07, 6.45) is 5.41. The SMILES string of the molecule is O=C(Nc1ccc2nc[nH]c2c1)C1CC1C1CC1. The van der Waals surface area contributed by atoms with E-state index in [0.717, 1.165) is 29.1 Å². The van der Waals surface area contributed by atoms with Crippen LogP contribution in [-0.4, -0.2) is 15.9 Å². The average Bonchev–Trinajstić information content (AvgIpc) is 3.23. The fraction of sp³-hybridized carbons (Fsp3) is 0.429. The van der Waals surface area contributed by atoms with Crippen molar-refractivity contribution in [2.45, 2.75) is 19.3 Å². The van der Waals surface area contributed by atoms with E-state index in [-0.39, 0.29) is 11.8 Å². The Morgan fingerprint density at radius 1 is 1.39 bits per heavy atom. The van der Waals surface area contributed by atoms with Crippen molar-refractivity contribution in [3.63, 3.8) is 0 Å². The van der Waals surface area contributed by atoms with E-state index in [4.69, 9.17) is 0 Å². The average molecular weight is 241 g/mol. The van der Waals surface area contributed by atoms with Crippen LogP contribution in [0.1, 0.15) is 19.3 Å². The lowest BCUT2D eigenvalue weighted by Crippen LogP contribution is -2.15. The van der Waals surface area contributed by atoms with Gasteiger partial charge in [-0.3, -0.25) is 4.79 Å². The molecule has 92 valence electrons. The zero-order chi connectivity index (χ0) is 12.1. The van der Waals surface area contributed by atoms with Crippen molar-refractivity contribution in [1.29, 1.82) is 0 Å². The number of fused-ring (bicyclic) bond motifs is 1. The van der Waals surface area contributed by atoms with Crippen molar-refractivity contribution < 1.29 is 4.79 Å². The van der Waals surface area contributed by atoms with E-state index in [2.05, 4.69) is 15.3 Å². The lowest BCUT2D eigenvalue weighted by Gasteiger charge is -2.04. The molecule has 1 aromatic carbocycles. The zero-order valence-electron chi connectivity index (χ0n) is 10.0. The van der Waals surface area contributed by atoms with Crippen LogP contribution >= 0.6 is 0 Å². The second kappa shape index (κ2) is 3.57. The Bertz CT molecular complexity index is 614. The van der Waals surface area contributed by atoms with Gasteiger partial charge in [0.1, 0.15) is 0 Å². The second-order valence-corrected chi connectivity index (χ2v) is 5.47. The molecule has 1 aromatic heterocycles. The molecule has 2 atom stereocenters. The molecule has 2 saturated carbocycles. The number of rotatable bonds is 3. The smallest absolute Gasteiger partial charge is 0.227 e. The molecule has 0 radical (unpaired) electrons. The summed E-state index contributed by atoms with van der Waals surface area (Å²) in [5.41, 5.74) is 2.75. The summed E-state index contributed by atoms with van der Waals surface area (Å²) in [7, 11) is 0. The van der Waals surface area contributed by atoms with Gasteiger partial charge in [0.05, 0.1) is 17.4 Å². The zero-order valence-corrected chi connectivity index (χ0v) is 10.0. The minimum Gasteiger partial charge on any atom is -0.345 e. The summed E-state index contributed by atoms with van der Waals surface area (Å²) < 4.78 is 0. The van der Waals surface area contributed by atoms with Crippen LogP contribution in [0.2, 0.25) is 0 Å². The number of benzene rings is 1. The first kappa shape index (κ1) is 10.1. The van der Waals surface area contributed by atoms with Crippen molar-refractivity contribution in [2.75, 3.05) is 5.32 Å². The Morgan fingerprint density at radius 2 is 2.28 bits per heavy atom. The van der Waals surface area contributed by atoms with E-state index in [1.807, 2.05) is 18.2 Å². The van der Waals surface area contributed by atoms with Crippen LogP contribution in [0.15, 0.2) is 24.5 Å². The normalized spacial score (nSPS) is 26.2. The van der Waals surface area contributed by atoms with Gasteiger partial charge in [-0.15, -0.1) is 0 Å². The van der Waals surface area contributed by atoms with Crippen LogP contribution in [-0.2, 0) is 4.79 Å². The lowest BCUT2D eigenvalue weighted by molar-refractivity contribution is -0.117. The molecule has 4 rings (SSSR count). The van der Waals surface area contributed by atoms with Gasteiger partial charge in [0, 0.05) is 11.6 Å². The van der Waals surface area contributed by atoms with Crippen LogP contribution in [0, 0.1) is 17.8 Å². The lowest BCUT2D eigenvalue weighted by atomic mass is 10.2. The second-order valence-electron chi connectivity index (χ2n) is 5.47. The van der Waals surface area contributed by atoms with Gasteiger partial charge < -0.3 is 10.3 Å². The van der Waals surface area contributed by atoms with Gasteiger partial charge in [0.2, 0.25) is 5.91 Å². The number of H-pyrrole nitrogens is 1. The van der Waals surface area contributed by atoms with E-state index >= 15 is 0 Å². The number of hydrogen-bond acceptors (Lipinski definition) is 2. The molecule has 0 spiro atoms. The fourth-order valence-electron chi connectivity index (χ4n) is 2.81. The molecule has 0 bridgehead atoms. The summed E-state index contributed by atoms with van der Waals surface area (Å²) >= 11 is 0. The van der Waals surface area contributed by atoms with Crippen molar-refractivity contribution in [3.05, 3.63) is 24.5 Å². The molecule has 2 N–H and O–H groups in total. The number of aromatic nitrogens is 2. The number of hydrogen-bond donors (Lipinski definition) is 2. The van der Waals surface area contributed by atoms with Gasteiger partial charge in [-0.05, 0) is 49.3 Å². The molecule has 4 nitrogen and oxygen atoms in total. The molecule has 2 fully saturated rings. The third-order valence-corrected chi connectivity index (χ3v) is 4.09. The summed E-state index contributed by atoms with van der Waals surface area (Å²) in [4.78, 5) is 19.3. The first-order valence-corrected chi connectivity index (χ1v) is 6.55. The van der Waals surface area contributed by atoms with Crippen molar-refractivity contribution >= 4 is 22.6 Å². The van der Waals surface area contributed by atoms with E-state index < -0.39 is 0 Å². The minimum absolute atomic E-state index is 0.186. The molecule has 0 aliphatic heterocycles. The first-order chi connectivity index (χ1) is 8.81. The maximum atomic E-state index is 12.1. The Morgan fingerprint density at radius 3 is 3.11 bits per heavy atom. The molecule has 1 heterocycles. The predicted molar refractivity (Wildman–Crippen MR) is 69.0 cm³/mol. The van der Waals surface area contributed by atoms with Gasteiger partial charge in [0.25, 0.3) is 0 Å². The first-order valence-electron chi connectivity index (χ1n) is 6.55. The van der Waals surface area contributed by atoms with Crippen molar-refractivity contribution in [2.24, 2.45) is 17.8 Å². The quantitative estimate of drug-likeness (QED) is 0.867. The third-order valence-electron chi connectivity index (χ3n) is 4.09. The molecule has 2 aliphatic carbocycles. The fourth-order valence-corrected chi connectivity index (χ4v) is 2.81. The number of anilines is 1. The van der Waals surface area contributed by atoms with E-state index in [1.165, 1.54) is 12.8 Å². The van der Waals surface area contributed by atoms with Crippen molar-refractivity contribution in [3.8, 4) is 0 Å². The van der Waals surface area contributed by atoms with Crippen molar-refractivity contribution in [1.82, 2.24) is 9.97 Å². The third kappa shape index (κ3) is 1.68. The minimum atomic E-state index is 0.186. The molecule has 4 heteroatoms. The largest absolute Gasteiger partial charge is 0.345 e. The van der Waals surface area contributed by atoms with Crippen LogP contribution in [0.5, 0.6) is 0 Å². The van der Waals surface area contributed by atoms with Gasteiger partial charge in [-0.25, -0.2) is 4.98 Å². The molecule has 2 aromatic rings. The highest BCUT2D eigenvalue weighted by atomic mass is 16.2. The standard InChI is InChI=1S/C14H15N3O/c18-14(11-6-10(11)8-1-2-8)17-9-3-4-12-13(5-9)16-7-15-12/h3-5,7-8,10-11H,1-2,6H2,(H,15,16)(H,17,18). The van der Waals surface area contributed by atoms with Gasteiger partial charge in [-0.1, -0.05) is 0 Å². The number of amides is 1. The number of nitrogens with one attached hydrogen (secondary N) is 2. The Kier molecular flexibility index (Phi) is 2.01. The van der Waals surface area contributed by atoms with E-state index in [0.29, 0.717) is 5.92 Å². The number of carbonyl (C=O) groups is 1. The number of carbonyl (C=O) groups excluding carboxylic acids is 1. The number of imidazole rings is 1. The summed E-state index contributed by atoms with van der Waals surface area (Å²) in [6, 6.07) is 5.77. The molecule has 0 saturated heterocycles. The highest BCUT2D eigenvalue weighted by Gasteiger charge is 2.51. The maximum absolute atomic E-state index is 12.1. The van der Waals surface area contributed by atoms with Crippen LogP contribution in [0.25, 0.3) is 11.0 Å². The van der Waals surface area contributed by atoms with Gasteiger partial charge in [-0.2, -0.15) is 0 Å². The van der Waals surface area contributed by atoms with Crippen LogP contribution < -0.4 is 5.32 Å². The summed E-state index contributed by atoms with van der Waals surface area (Å²) in [5.74, 6) is 1.96. The topological polar surface area (TPSA) is 57.8 Å². The Hall–Kier alpha value is -1.84. The molecular formula is C14H15N3O. The van der Waals surface area contributed by atoms with Gasteiger partial charge in [0.15, 0.2) is 0 Å². The highest BCUT2D eigenvalue weighted by Crippen LogP contribution is 2.54. The maximum Gasteiger partial charge on any atom is 0.227 e. The number of nitrogens with zero attached hydrogens (tertiary/aromatic N) is 1. The summed E-state index contributed by atoms with van der Waals surface area (Å²) in [6.45, 7) is 0. The van der Waals surface area contributed by atoms with Crippen LogP contribution in [0.4, 0.5) is 5.69 Å². The monoisotopic (exact) mass is 241 g/mol. The van der Waals surface area contributed by atoms with E-state index in [1.54, 1.807) is 6.33 Å². The molecule has 1 amide bonds. The summed E-state index contributed by atoms with van der Waals surface area (Å²) in [5, 5.41) is 3.01. The van der Waals surface area contributed by atoms with E-state index in [9.17, 15) is 4.79 Å². The molecular weight excluding hydrogens is 226 g/mol. The molecule has 2 unspecified atom stereocenters. The van der Waals surface area contributed by atoms with Crippen LogP contribution in [0.3, 0.4) is 0 Å². The molecule has 18 heavy (non-hydrogen) atoms. The predicted octanol–water partition coefficient (Wildman–Crippen LogP) is 2.55. The number of aromatic amines is 1.